The highest BCUT2D eigenvalue weighted by Gasteiger charge is 2.31. The molecule has 0 fully saturated rings. The maximum absolute atomic E-state index is 13.5. The lowest BCUT2D eigenvalue weighted by Gasteiger charge is -2.29. The van der Waals surface area contributed by atoms with Crippen LogP contribution in [0.1, 0.15) is 21.5 Å². The minimum Gasteiger partial charge on any atom is -0.508 e. The number of hydrogen-bond acceptors (Lipinski definition) is 4. The summed E-state index contributed by atoms with van der Waals surface area (Å²) in [5.41, 5.74) is 3.61. The van der Waals surface area contributed by atoms with Crippen molar-refractivity contribution >= 4 is 22.8 Å². The van der Waals surface area contributed by atoms with E-state index in [9.17, 15) is 19.8 Å². The van der Waals surface area contributed by atoms with Gasteiger partial charge in [0, 0.05) is 29.5 Å². The van der Waals surface area contributed by atoms with Gasteiger partial charge >= 0.3 is 5.97 Å². The molecule has 0 unspecified atom stereocenters. The van der Waals surface area contributed by atoms with Crippen LogP contribution in [0.15, 0.2) is 114 Å². The van der Waals surface area contributed by atoms with Gasteiger partial charge in [-0.15, -0.1) is 0 Å². The van der Waals surface area contributed by atoms with E-state index in [-0.39, 0.29) is 24.6 Å². The summed E-state index contributed by atoms with van der Waals surface area (Å²) >= 11 is 0. The van der Waals surface area contributed by atoms with Gasteiger partial charge in [0.2, 0.25) is 0 Å². The Morgan fingerprint density at radius 3 is 2.11 bits per heavy atom. The predicted octanol–water partition coefficient (Wildman–Crippen LogP) is 6.14. The molecule has 0 saturated heterocycles. The standard InChI is InChI=1S/C31H25NO5/c33-26-16-12-21(13-17-26)18-27(31(35)36)32(30(34)24-6-2-1-3-7-24)20-22-10-14-23(15-11-22)29-19-25-8-4-5-9-28(25)37-29/h1-17,19,27,33H,18,20H2,(H,35,36)/t27-/m0/s1. The van der Waals surface area contributed by atoms with E-state index in [4.69, 9.17) is 4.42 Å². The van der Waals surface area contributed by atoms with Crippen molar-refractivity contribution in [3.05, 3.63) is 126 Å². The van der Waals surface area contributed by atoms with E-state index in [2.05, 4.69) is 0 Å². The van der Waals surface area contributed by atoms with Gasteiger partial charge in [-0.05, 0) is 47.5 Å². The molecule has 0 aliphatic rings. The van der Waals surface area contributed by atoms with Gasteiger partial charge in [-0.1, -0.05) is 72.8 Å². The highest BCUT2D eigenvalue weighted by molar-refractivity contribution is 5.96. The summed E-state index contributed by atoms with van der Waals surface area (Å²) in [5, 5.41) is 20.8. The van der Waals surface area contributed by atoms with E-state index < -0.39 is 12.0 Å². The number of amides is 1. The number of rotatable bonds is 8. The molecular formula is C31H25NO5. The number of phenolic OH excluding ortho intramolecular Hbond substituents is 1. The maximum Gasteiger partial charge on any atom is 0.326 e. The van der Waals surface area contributed by atoms with Gasteiger partial charge in [-0.2, -0.15) is 0 Å². The van der Waals surface area contributed by atoms with E-state index >= 15 is 0 Å². The highest BCUT2D eigenvalue weighted by Crippen LogP contribution is 2.28. The van der Waals surface area contributed by atoms with Crippen molar-refractivity contribution in [2.75, 3.05) is 0 Å². The van der Waals surface area contributed by atoms with Crippen LogP contribution in [0, 0.1) is 0 Å². The number of furan rings is 1. The highest BCUT2D eigenvalue weighted by atomic mass is 16.4. The number of phenols is 1. The van der Waals surface area contributed by atoms with Crippen LogP contribution >= 0.6 is 0 Å². The van der Waals surface area contributed by atoms with Crippen molar-refractivity contribution in [3.63, 3.8) is 0 Å². The molecule has 4 aromatic carbocycles. The van der Waals surface area contributed by atoms with Crippen LogP contribution in [0.2, 0.25) is 0 Å². The van der Waals surface area contributed by atoms with Gasteiger partial charge in [0.15, 0.2) is 0 Å². The van der Waals surface area contributed by atoms with Crippen molar-refractivity contribution in [1.82, 2.24) is 4.90 Å². The second-order valence-corrected chi connectivity index (χ2v) is 8.87. The minimum atomic E-state index is -1.10. The second-order valence-electron chi connectivity index (χ2n) is 8.87. The molecule has 37 heavy (non-hydrogen) atoms. The molecule has 1 aromatic heterocycles. The first-order valence-electron chi connectivity index (χ1n) is 11.9. The number of carboxylic acid groups (broad SMARTS) is 1. The largest absolute Gasteiger partial charge is 0.508 e. The fourth-order valence-corrected chi connectivity index (χ4v) is 4.35. The smallest absolute Gasteiger partial charge is 0.326 e. The molecule has 5 rings (SSSR count). The van der Waals surface area contributed by atoms with Gasteiger partial charge in [0.05, 0.1) is 0 Å². The van der Waals surface area contributed by atoms with Gasteiger partial charge in [0.25, 0.3) is 5.91 Å². The van der Waals surface area contributed by atoms with Crippen molar-refractivity contribution in [3.8, 4) is 17.1 Å². The second kappa shape index (κ2) is 10.4. The first kappa shape index (κ1) is 23.9. The number of carbonyl (C=O) groups excluding carboxylic acids is 1. The van der Waals surface area contributed by atoms with Crippen LogP contribution in [-0.4, -0.2) is 33.0 Å². The van der Waals surface area contributed by atoms with Crippen molar-refractivity contribution in [2.24, 2.45) is 0 Å². The topological polar surface area (TPSA) is 91.0 Å². The summed E-state index contributed by atoms with van der Waals surface area (Å²) in [5.74, 6) is -0.637. The van der Waals surface area contributed by atoms with E-state index in [0.29, 0.717) is 11.1 Å². The first-order valence-corrected chi connectivity index (χ1v) is 11.9. The molecular weight excluding hydrogens is 466 g/mol. The Morgan fingerprint density at radius 1 is 0.784 bits per heavy atom. The molecule has 0 bridgehead atoms. The van der Waals surface area contributed by atoms with Crippen LogP contribution in [-0.2, 0) is 17.8 Å². The SMILES string of the molecule is O=C(O)[C@H](Cc1ccc(O)cc1)N(Cc1ccc(-c2cc3ccccc3o2)cc1)C(=O)c1ccccc1. The van der Waals surface area contributed by atoms with Crippen molar-refractivity contribution in [2.45, 2.75) is 19.0 Å². The lowest BCUT2D eigenvalue weighted by molar-refractivity contribution is -0.142. The Bertz CT molecular complexity index is 1490. The zero-order chi connectivity index (χ0) is 25.8. The molecule has 6 nitrogen and oxygen atoms in total. The Kier molecular flexibility index (Phi) is 6.72. The van der Waals surface area contributed by atoms with E-state index in [1.807, 2.05) is 60.7 Å². The number of carboxylic acids is 1. The Balaban J connectivity index is 1.44. The third kappa shape index (κ3) is 5.38. The summed E-state index contributed by atoms with van der Waals surface area (Å²) < 4.78 is 5.96. The summed E-state index contributed by atoms with van der Waals surface area (Å²) in [6.07, 6.45) is 0.102. The van der Waals surface area contributed by atoms with Gasteiger partial charge in [-0.3, -0.25) is 4.79 Å². The Hall–Kier alpha value is -4.84. The molecule has 6 heteroatoms. The number of carbonyl (C=O) groups is 2. The monoisotopic (exact) mass is 491 g/mol. The fourth-order valence-electron chi connectivity index (χ4n) is 4.35. The van der Waals surface area contributed by atoms with Crippen LogP contribution in [0.25, 0.3) is 22.3 Å². The summed E-state index contributed by atoms with van der Waals surface area (Å²) in [7, 11) is 0. The average Bonchev–Trinajstić information content (AvgIpc) is 3.36. The molecule has 5 aromatic rings. The molecule has 0 aliphatic heterocycles. The van der Waals surface area contributed by atoms with E-state index in [0.717, 1.165) is 27.9 Å². The molecule has 184 valence electrons. The number of para-hydroxylation sites is 1. The quantitative estimate of drug-likeness (QED) is 0.272. The molecule has 0 radical (unpaired) electrons. The molecule has 1 heterocycles. The number of benzene rings is 4. The first-order chi connectivity index (χ1) is 18.0. The van der Waals surface area contributed by atoms with Crippen LogP contribution in [0.3, 0.4) is 0 Å². The van der Waals surface area contributed by atoms with Crippen molar-refractivity contribution < 1.29 is 24.2 Å². The zero-order valence-corrected chi connectivity index (χ0v) is 20.0. The lowest BCUT2D eigenvalue weighted by atomic mass is 10.0. The van der Waals surface area contributed by atoms with Gasteiger partial charge in [0.1, 0.15) is 23.1 Å². The number of aliphatic carboxylic acids is 1. The average molecular weight is 492 g/mol. The minimum absolute atomic E-state index is 0.0948. The number of hydrogen-bond donors (Lipinski definition) is 2. The molecule has 2 N–H and O–H groups in total. The summed E-state index contributed by atoms with van der Waals surface area (Å²) in [6.45, 7) is 0.114. The number of nitrogens with zero attached hydrogens (tertiary/aromatic N) is 1. The fraction of sp³-hybridized carbons (Fsp3) is 0.0968. The molecule has 0 spiro atoms. The van der Waals surface area contributed by atoms with E-state index in [1.165, 1.54) is 17.0 Å². The zero-order valence-electron chi connectivity index (χ0n) is 20.0. The normalized spacial score (nSPS) is 11.8. The molecule has 1 amide bonds. The maximum atomic E-state index is 13.5. The predicted molar refractivity (Wildman–Crippen MR) is 141 cm³/mol. The Morgan fingerprint density at radius 2 is 1.43 bits per heavy atom. The van der Waals surface area contributed by atoms with Gasteiger partial charge in [-0.25, -0.2) is 4.79 Å². The van der Waals surface area contributed by atoms with Crippen LogP contribution in [0.5, 0.6) is 5.75 Å². The summed E-state index contributed by atoms with van der Waals surface area (Å²) in [6, 6.07) is 31.3. The van der Waals surface area contributed by atoms with Crippen molar-refractivity contribution in [1.29, 1.82) is 0 Å². The third-order valence-electron chi connectivity index (χ3n) is 6.33. The molecule has 0 saturated carbocycles. The summed E-state index contributed by atoms with van der Waals surface area (Å²) in [4.78, 5) is 27.3. The lowest BCUT2D eigenvalue weighted by Crippen LogP contribution is -2.46. The Labute approximate surface area is 214 Å². The van der Waals surface area contributed by atoms with Gasteiger partial charge < -0.3 is 19.5 Å². The van der Waals surface area contributed by atoms with E-state index in [1.54, 1.807) is 36.4 Å². The third-order valence-corrected chi connectivity index (χ3v) is 6.33. The molecule has 1 atom stereocenters. The number of fused-ring (bicyclic) bond motifs is 1. The number of aromatic hydroxyl groups is 1. The van der Waals surface area contributed by atoms with Crippen LogP contribution < -0.4 is 0 Å². The van der Waals surface area contributed by atoms with Crippen LogP contribution in [0.4, 0.5) is 0 Å². The molecule has 0 aliphatic carbocycles.